The zero-order chi connectivity index (χ0) is 18.2. The van der Waals surface area contributed by atoms with Crippen LogP contribution in [0.5, 0.6) is 0 Å². The summed E-state index contributed by atoms with van der Waals surface area (Å²) in [5.41, 5.74) is 2.52. The second-order valence-electron chi connectivity index (χ2n) is 7.60. The summed E-state index contributed by atoms with van der Waals surface area (Å²) in [6.45, 7) is 6.11. The Labute approximate surface area is 157 Å². The first-order chi connectivity index (χ1) is 12.8. The molecule has 5 heteroatoms. The Morgan fingerprint density at radius 2 is 1.81 bits per heavy atom. The molecule has 1 aromatic rings. The largest absolute Gasteiger partial charge is 0.396 e. The Morgan fingerprint density at radius 1 is 1.12 bits per heavy atom. The number of nitrogens with one attached hydrogen (secondary N) is 2. The van der Waals surface area contributed by atoms with Crippen LogP contribution in [0, 0.1) is 5.92 Å². The van der Waals surface area contributed by atoms with E-state index in [4.69, 9.17) is 4.99 Å². The highest BCUT2D eigenvalue weighted by atomic mass is 16.3. The molecule has 1 aliphatic carbocycles. The van der Waals surface area contributed by atoms with Gasteiger partial charge < -0.3 is 20.6 Å². The molecule has 0 aromatic heterocycles. The van der Waals surface area contributed by atoms with Crippen LogP contribution in [0.25, 0.3) is 0 Å². The molecular weight excluding hydrogens is 324 g/mol. The standard InChI is InChI=1S/C21H34N4O/c1-2-22-21(24-19-5-3-4-6-19)23-15-17-7-9-20(10-8-17)25-13-11-18(16-26)12-14-25/h7-10,18-19,26H,2-6,11-16H2,1H3,(H2,22,23,24). The maximum absolute atomic E-state index is 9.27. The number of aliphatic hydroxyl groups is 1. The van der Waals surface area contributed by atoms with E-state index < -0.39 is 0 Å². The Hall–Kier alpha value is -1.75. The molecule has 0 atom stereocenters. The number of rotatable bonds is 6. The molecule has 1 heterocycles. The number of anilines is 1. The Bertz CT molecular complexity index is 558. The van der Waals surface area contributed by atoms with Gasteiger partial charge >= 0.3 is 0 Å². The third-order valence-electron chi connectivity index (χ3n) is 5.63. The Balaban J connectivity index is 1.53. The first kappa shape index (κ1) is 19.0. The molecule has 0 radical (unpaired) electrons. The molecule has 144 valence electrons. The van der Waals surface area contributed by atoms with Crippen LogP contribution in [0.4, 0.5) is 5.69 Å². The minimum absolute atomic E-state index is 0.327. The normalized spacial score (nSPS) is 19.8. The van der Waals surface area contributed by atoms with Crippen molar-refractivity contribution in [2.45, 2.75) is 58.0 Å². The van der Waals surface area contributed by atoms with Crippen molar-refractivity contribution in [1.29, 1.82) is 0 Å². The minimum atomic E-state index is 0.327. The van der Waals surface area contributed by atoms with Crippen molar-refractivity contribution in [3.05, 3.63) is 29.8 Å². The summed E-state index contributed by atoms with van der Waals surface area (Å²) in [4.78, 5) is 7.18. The number of benzene rings is 1. The van der Waals surface area contributed by atoms with Gasteiger partial charge in [-0.15, -0.1) is 0 Å². The molecule has 1 saturated heterocycles. The van der Waals surface area contributed by atoms with Crippen LogP contribution in [0.2, 0.25) is 0 Å². The smallest absolute Gasteiger partial charge is 0.191 e. The summed E-state index contributed by atoms with van der Waals surface area (Å²) in [7, 11) is 0. The topological polar surface area (TPSA) is 59.9 Å². The van der Waals surface area contributed by atoms with E-state index in [0.717, 1.165) is 38.4 Å². The lowest BCUT2D eigenvalue weighted by atomic mass is 9.97. The van der Waals surface area contributed by atoms with E-state index in [1.807, 2.05) is 0 Å². The quantitative estimate of drug-likeness (QED) is 0.541. The molecular formula is C21H34N4O. The van der Waals surface area contributed by atoms with E-state index in [0.29, 0.717) is 25.1 Å². The predicted molar refractivity (Wildman–Crippen MR) is 109 cm³/mol. The van der Waals surface area contributed by atoms with E-state index in [9.17, 15) is 5.11 Å². The summed E-state index contributed by atoms with van der Waals surface area (Å²) < 4.78 is 0. The van der Waals surface area contributed by atoms with Crippen molar-refractivity contribution in [3.8, 4) is 0 Å². The summed E-state index contributed by atoms with van der Waals surface area (Å²) in [6, 6.07) is 9.38. The van der Waals surface area contributed by atoms with Crippen molar-refractivity contribution < 1.29 is 5.11 Å². The predicted octanol–water partition coefficient (Wildman–Crippen LogP) is 2.89. The highest BCUT2D eigenvalue weighted by Gasteiger charge is 2.18. The van der Waals surface area contributed by atoms with Gasteiger partial charge in [0.2, 0.25) is 0 Å². The second-order valence-corrected chi connectivity index (χ2v) is 7.60. The van der Waals surface area contributed by atoms with Crippen molar-refractivity contribution in [2.24, 2.45) is 10.9 Å². The maximum Gasteiger partial charge on any atom is 0.191 e. The lowest BCUT2D eigenvalue weighted by molar-refractivity contribution is 0.203. The molecule has 2 fully saturated rings. The number of guanidine groups is 1. The minimum Gasteiger partial charge on any atom is -0.396 e. The summed E-state index contributed by atoms with van der Waals surface area (Å²) in [6.07, 6.45) is 7.34. The van der Waals surface area contributed by atoms with Crippen molar-refractivity contribution >= 4 is 11.6 Å². The van der Waals surface area contributed by atoms with E-state index in [1.54, 1.807) is 0 Å². The highest BCUT2D eigenvalue weighted by Crippen LogP contribution is 2.23. The van der Waals surface area contributed by atoms with Crippen molar-refractivity contribution in [2.75, 3.05) is 31.1 Å². The van der Waals surface area contributed by atoms with Gasteiger partial charge in [-0.1, -0.05) is 25.0 Å². The van der Waals surface area contributed by atoms with Gasteiger partial charge in [0.05, 0.1) is 6.54 Å². The average molecular weight is 359 g/mol. The number of aliphatic imine (C=N–C) groups is 1. The van der Waals surface area contributed by atoms with Crippen LogP contribution in [-0.4, -0.2) is 43.3 Å². The summed E-state index contributed by atoms with van der Waals surface area (Å²) in [5.74, 6) is 1.42. The first-order valence-electron chi connectivity index (χ1n) is 10.3. The highest BCUT2D eigenvalue weighted by molar-refractivity contribution is 5.80. The molecule has 1 saturated carbocycles. The SMILES string of the molecule is CCNC(=NCc1ccc(N2CCC(CO)CC2)cc1)NC1CCCC1. The molecule has 1 aromatic carbocycles. The number of nitrogens with zero attached hydrogens (tertiary/aromatic N) is 2. The molecule has 2 aliphatic rings. The van der Waals surface area contributed by atoms with Gasteiger partial charge in [0, 0.05) is 38.0 Å². The maximum atomic E-state index is 9.27. The van der Waals surface area contributed by atoms with Crippen LogP contribution < -0.4 is 15.5 Å². The van der Waals surface area contributed by atoms with Gasteiger partial charge in [-0.3, -0.25) is 0 Å². The fraction of sp³-hybridized carbons (Fsp3) is 0.667. The molecule has 0 spiro atoms. The van der Waals surface area contributed by atoms with Gasteiger partial charge in [-0.05, 0) is 56.2 Å². The van der Waals surface area contributed by atoms with Crippen LogP contribution >= 0.6 is 0 Å². The van der Waals surface area contributed by atoms with Crippen LogP contribution in [0.1, 0.15) is 51.0 Å². The Kier molecular flexibility index (Phi) is 7.18. The summed E-state index contributed by atoms with van der Waals surface area (Å²) in [5, 5.41) is 16.2. The molecule has 5 nitrogen and oxygen atoms in total. The van der Waals surface area contributed by atoms with Gasteiger partial charge in [0.15, 0.2) is 5.96 Å². The van der Waals surface area contributed by atoms with Gasteiger partial charge in [-0.2, -0.15) is 0 Å². The number of piperidine rings is 1. The fourth-order valence-electron chi connectivity index (χ4n) is 3.94. The fourth-order valence-corrected chi connectivity index (χ4v) is 3.94. The number of aliphatic hydroxyl groups excluding tert-OH is 1. The molecule has 26 heavy (non-hydrogen) atoms. The third-order valence-corrected chi connectivity index (χ3v) is 5.63. The van der Waals surface area contributed by atoms with Gasteiger partial charge in [0.25, 0.3) is 0 Å². The monoisotopic (exact) mass is 358 g/mol. The van der Waals surface area contributed by atoms with Gasteiger partial charge in [0.1, 0.15) is 0 Å². The first-order valence-corrected chi connectivity index (χ1v) is 10.3. The molecule has 1 aliphatic heterocycles. The van der Waals surface area contributed by atoms with Crippen LogP contribution in [0.3, 0.4) is 0 Å². The molecule has 3 N–H and O–H groups in total. The Morgan fingerprint density at radius 3 is 2.42 bits per heavy atom. The third kappa shape index (κ3) is 5.37. The molecule has 0 unspecified atom stereocenters. The lowest BCUT2D eigenvalue weighted by Gasteiger charge is -2.32. The molecule has 0 amide bonds. The molecule has 3 rings (SSSR count). The van der Waals surface area contributed by atoms with Crippen LogP contribution in [0.15, 0.2) is 29.3 Å². The number of hydrogen-bond donors (Lipinski definition) is 3. The zero-order valence-corrected chi connectivity index (χ0v) is 16.1. The van der Waals surface area contributed by atoms with Crippen molar-refractivity contribution in [3.63, 3.8) is 0 Å². The molecule has 0 bridgehead atoms. The van der Waals surface area contributed by atoms with E-state index in [2.05, 4.69) is 46.7 Å². The van der Waals surface area contributed by atoms with Crippen LogP contribution in [-0.2, 0) is 6.54 Å². The second kappa shape index (κ2) is 9.81. The average Bonchev–Trinajstić information content (AvgIpc) is 3.20. The van der Waals surface area contributed by atoms with Crippen molar-refractivity contribution in [1.82, 2.24) is 10.6 Å². The van der Waals surface area contributed by atoms with Gasteiger partial charge in [-0.25, -0.2) is 4.99 Å². The van der Waals surface area contributed by atoms with E-state index >= 15 is 0 Å². The number of hydrogen-bond acceptors (Lipinski definition) is 3. The van der Waals surface area contributed by atoms with E-state index in [1.165, 1.54) is 36.9 Å². The van der Waals surface area contributed by atoms with E-state index in [-0.39, 0.29) is 0 Å². The zero-order valence-electron chi connectivity index (χ0n) is 16.1. The summed E-state index contributed by atoms with van der Waals surface area (Å²) >= 11 is 0. The lowest BCUT2D eigenvalue weighted by Crippen LogP contribution is -2.42.